The molecule has 1 aliphatic rings. The highest BCUT2D eigenvalue weighted by Crippen LogP contribution is 2.34. The predicted octanol–water partition coefficient (Wildman–Crippen LogP) is 2.78. The van der Waals surface area contributed by atoms with Gasteiger partial charge in [0, 0.05) is 5.39 Å². The van der Waals surface area contributed by atoms with Gasteiger partial charge in [-0.2, -0.15) is 0 Å². The molecule has 0 atom stereocenters. The van der Waals surface area contributed by atoms with Crippen molar-refractivity contribution < 1.29 is 0 Å². The molecule has 0 unspecified atom stereocenters. The number of nitrogen functional groups attached to an aromatic ring is 1. The molecule has 0 saturated heterocycles. The Balaban J connectivity index is 2.10. The number of aromatic nitrogens is 1. The molecule has 1 fully saturated rings. The maximum absolute atomic E-state index is 5.59. The lowest BCUT2D eigenvalue weighted by Crippen LogP contribution is -2.11. The fraction of sp³-hybridized carbons (Fsp3) is 0.357. The summed E-state index contributed by atoms with van der Waals surface area (Å²) in [4.78, 5) is 4.72. The molecule has 0 bridgehead atoms. The number of anilines is 1. The van der Waals surface area contributed by atoms with Crippen molar-refractivity contribution in [2.45, 2.75) is 26.2 Å². The fourth-order valence-corrected chi connectivity index (χ4v) is 2.21. The molecular weight excluding hydrogens is 210 g/mol. The van der Waals surface area contributed by atoms with E-state index in [0.717, 1.165) is 34.6 Å². The smallest absolute Gasteiger partial charge is 0.0708 e. The van der Waals surface area contributed by atoms with Gasteiger partial charge >= 0.3 is 0 Å². The zero-order chi connectivity index (χ0) is 11.8. The van der Waals surface area contributed by atoms with Crippen molar-refractivity contribution in [3.8, 4) is 0 Å². The van der Waals surface area contributed by atoms with Crippen LogP contribution in [0.15, 0.2) is 24.3 Å². The van der Waals surface area contributed by atoms with Crippen molar-refractivity contribution in [1.29, 1.82) is 0 Å². The van der Waals surface area contributed by atoms with Gasteiger partial charge in [0.2, 0.25) is 0 Å². The first-order chi connectivity index (χ1) is 8.26. The zero-order valence-electron chi connectivity index (χ0n) is 10.0. The monoisotopic (exact) mass is 227 g/mol. The molecule has 1 aromatic carbocycles. The summed E-state index contributed by atoms with van der Waals surface area (Å²) >= 11 is 0. The lowest BCUT2D eigenvalue weighted by atomic mass is 10.1. The number of nitrogens with zero attached hydrogens (tertiary/aromatic N) is 1. The van der Waals surface area contributed by atoms with Crippen LogP contribution in [0.2, 0.25) is 0 Å². The molecular formula is C14H17N3. The number of hydrogen-bond acceptors (Lipinski definition) is 3. The predicted molar refractivity (Wildman–Crippen MR) is 70.7 cm³/mol. The van der Waals surface area contributed by atoms with Gasteiger partial charge < -0.3 is 5.43 Å². The summed E-state index contributed by atoms with van der Waals surface area (Å²) in [5, 5.41) is 1.15. The first-order valence-electron chi connectivity index (χ1n) is 6.13. The molecule has 2 aromatic rings. The van der Waals surface area contributed by atoms with E-state index >= 15 is 0 Å². The number of hydrazine groups is 1. The highest BCUT2D eigenvalue weighted by molar-refractivity contribution is 5.83. The second kappa shape index (κ2) is 4.00. The van der Waals surface area contributed by atoms with E-state index in [1.165, 1.54) is 18.4 Å². The van der Waals surface area contributed by atoms with Gasteiger partial charge in [-0.05, 0) is 50.3 Å². The first kappa shape index (κ1) is 10.5. The molecule has 3 N–H and O–H groups in total. The molecule has 3 rings (SSSR count). The van der Waals surface area contributed by atoms with E-state index in [0.29, 0.717) is 0 Å². The molecule has 3 heteroatoms. The number of nitrogens with two attached hydrogens (primary N) is 1. The minimum Gasteiger partial charge on any atom is -0.322 e. The van der Waals surface area contributed by atoms with Crippen LogP contribution in [0.3, 0.4) is 0 Å². The van der Waals surface area contributed by atoms with Crippen molar-refractivity contribution in [2.75, 3.05) is 5.43 Å². The average Bonchev–Trinajstić information content (AvgIpc) is 3.12. The third kappa shape index (κ3) is 2.11. The van der Waals surface area contributed by atoms with Crippen LogP contribution in [0.5, 0.6) is 0 Å². The Hall–Kier alpha value is -1.61. The van der Waals surface area contributed by atoms with Crippen LogP contribution >= 0.6 is 0 Å². The first-order valence-corrected chi connectivity index (χ1v) is 6.13. The number of benzene rings is 1. The minimum absolute atomic E-state index is 0.817. The van der Waals surface area contributed by atoms with Gasteiger partial charge in [0.15, 0.2) is 0 Å². The molecule has 1 aromatic heterocycles. The zero-order valence-corrected chi connectivity index (χ0v) is 10.0. The van der Waals surface area contributed by atoms with E-state index in [-0.39, 0.29) is 0 Å². The highest BCUT2D eigenvalue weighted by Gasteiger charge is 2.23. The van der Waals surface area contributed by atoms with Crippen molar-refractivity contribution in [3.63, 3.8) is 0 Å². The van der Waals surface area contributed by atoms with Crippen molar-refractivity contribution in [1.82, 2.24) is 4.98 Å². The second-order valence-corrected chi connectivity index (χ2v) is 4.97. The average molecular weight is 227 g/mol. The molecule has 0 radical (unpaired) electrons. The lowest BCUT2D eigenvalue weighted by Gasteiger charge is -2.10. The van der Waals surface area contributed by atoms with Gasteiger partial charge in [-0.3, -0.25) is 10.8 Å². The van der Waals surface area contributed by atoms with Gasteiger partial charge in [-0.25, -0.2) is 0 Å². The molecule has 3 nitrogen and oxygen atoms in total. The van der Waals surface area contributed by atoms with E-state index in [4.69, 9.17) is 10.8 Å². The highest BCUT2D eigenvalue weighted by atomic mass is 15.2. The number of aryl methyl sites for hydroxylation is 1. The van der Waals surface area contributed by atoms with Gasteiger partial charge in [-0.15, -0.1) is 0 Å². The fourth-order valence-electron chi connectivity index (χ4n) is 2.21. The summed E-state index contributed by atoms with van der Waals surface area (Å²) in [6, 6.07) is 8.43. The van der Waals surface area contributed by atoms with E-state index in [1.807, 2.05) is 0 Å². The van der Waals surface area contributed by atoms with Crippen LogP contribution in [0.4, 0.5) is 5.69 Å². The minimum atomic E-state index is 0.817. The van der Waals surface area contributed by atoms with Crippen LogP contribution in [0, 0.1) is 12.8 Å². The van der Waals surface area contributed by atoms with Crippen LogP contribution in [0.1, 0.15) is 24.1 Å². The standard InChI is InChI=1S/C14H17N3/c1-9-2-5-12-11(6-9)8-14(17-15)13(16-12)7-10-3-4-10/h2,5-6,8,10,17H,3-4,7,15H2,1H3. The van der Waals surface area contributed by atoms with Crippen molar-refractivity contribution in [3.05, 3.63) is 35.5 Å². The molecule has 0 spiro atoms. The summed E-state index contributed by atoms with van der Waals surface area (Å²) in [7, 11) is 0. The third-order valence-corrected chi connectivity index (χ3v) is 3.38. The van der Waals surface area contributed by atoms with Crippen LogP contribution < -0.4 is 11.3 Å². The van der Waals surface area contributed by atoms with Gasteiger partial charge in [0.05, 0.1) is 16.9 Å². The van der Waals surface area contributed by atoms with E-state index in [9.17, 15) is 0 Å². The largest absolute Gasteiger partial charge is 0.322 e. The number of rotatable bonds is 3. The van der Waals surface area contributed by atoms with Crippen molar-refractivity contribution in [2.24, 2.45) is 11.8 Å². The second-order valence-electron chi connectivity index (χ2n) is 4.97. The van der Waals surface area contributed by atoms with Crippen LogP contribution in [-0.4, -0.2) is 4.98 Å². The quantitative estimate of drug-likeness (QED) is 0.626. The molecule has 17 heavy (non-hydrogen) atoms. The number of pyridine rings is 1. The molecule has 0 amide bonds. The Morgan fingerprint density at radius 2 is 2.18 bits per heavy atom. The topological polar surface area (TPSA) is 50.9 Å². The van der Waals surface area contributed by atoms with Crippen LogP contribution in [0.25, 0.3) is 10.9 Å². The van der Waals surface area contributed by atoms with Gasteiger partial charge in [-0.1, -0.05) is 11.6 Å². The molecule has 1 heterocycles. The maximum atomic E-state index is 5.59. The SMILES string of the molecule is Cc1ccc2nc(CC3CC3)c(NN)cc2c1. The Labute approximate surface area is 101 Å². The van der Waals surface area contributed by atoms with E-state index in [1.54, 1.807) is 0 Å². The van der Waals surface area contributed by atoms with Crippen LogP contribution in [-0.2, 0) is 6.42 Å². The van der Waals surface area contributed by atoms with Crippen molar-refractivity contribution >= 4 is 16.6 Å². The molecule has 1 saturated carbocycles. The van der Waals surface area contributed by atoms with E-state index < -0.39 is 0 Å². The Morgan fingerprint density at radius 1 is 1.35 bits per heavy atom. The number of hydrogen-bond donors (Lipinski definition) is 2. The number of nitrogens with one attached hydrogen (secondary N) is 1. The van der Waals surface area contributed by atoms with Gasteiger partial charge in [0.1, 0.15) is 0 Å². The molecule has 88 valence electrons. The lowest BCUT2D eigenvalue weighted by molar-refractivity contribution is 0.810. The summed E-state index contributed by atoms with van der Waals surface area (Å²) in [6.45, 7) is 2.09. The van der Waals surface area contributed by atoms with E-state index in [2.05, 4.69) is 36.6 Å². The Kier molecular flexibility index (Phi) is 2.48. The summed E-state index contributed by atoms with van der Waals surface area (Å²) < 4.78 is 0. The summed E-state index contributed by atoms with van der Waals surface area (Å²) in [5.41, 5.74) is 7.16. The molecule has 0 aliphatic heterocycles. The Bertz CT molecular complexity index is 559. The third-order valence-electron chi connectivity index (χ3n) is 3.38. The number of fused-ring (bicyclic) bond motifs is 1. The van der Waals surface area contributed by atoms with Gasteiger partial charge in [0.25, 0.3) is 0 Å². The summed E-state index contributed by atoms with van der Waals surface area (Å²) in [5.74, 6) is 6.40. The molecule has 1 aliphatic carbocycles. The summed E-state index contributed by atoms with van der Waals surface area (Å²) in [6.07, 6.45) is 3.71. The normalized spacial score (nSPS) is 15.2. The Morgan fingerprint density at radius 3 is 2.88 bits per heavy atom. The maximum Gasteiger partial charge on any atom is 0.0708 e.